The minimum absolute atomic E-state index is 0.881. The minimum atomic E-state index is 0.881. The molecule has 0 saturated carbocycles. The van der Waals surface area contributed by atoms with Gasteiger partial charge in [0.05, 0.1) is 0 Å². The highest BCUT2D eigenvalue weighted by molar-refractivity contribution is 5.93. The SMILES string of the molecule is C1=Cc2c(ccc3ccccc23)ON1.c1cn[nH]c1. The van der Waals surface area contributed by atoms with Crippen LogP contribution in [-0.4, -0.2) is 10.2 Å². The van der Waals surface area contributed by atoms with Crippen LogP contribution in [0.2, 0.25) is 0 Å². The second kappa shape index (κ2) is 5.27. The highest BCUT2D eigenvalue weighted by atomic mass is 16.6. The summed E-state index contributed by atoms with van der Waals surface area (Å²) in [6, 6.07) is 14.2. The van der Waals surface area contributed by atoms with E-state index >= 15 is 0 Å². The Labute approximate surface area is 110 Å². The van der Waals surface area contributed by atoms with Gasteiger partial charge < -0.3 is 4.84 Å². The smallest absolute Gasteiger partial charge is 0.162 e. The molecule has 0 amide bonds. The van der Waals surface area contributed by atoms with E-state index in [1.807, 2.05) is 30.3 Å². The first-order chi connectivity index (χ1) is 9.45. The fourth-order valence-corrected chi connectivity index (χ4v) is 1.97. The molecule has 2 aromatic carbocycles. The highest BCUT2D eigenvalue weighted by Gasteiger charge is 2.08. The molecule has 1 aliphatic heterocycles. The number of hydrogen-bond donors (Lipinski definition) is 2. The largest absolute Gasteiger partial charge is 0.382 e. The number of hydroxylamine groups is 1. The Balaban J connectivity index is 0.000000187. The Bertz CT molecular complexity index is 672. The van der Waals surface area contributed by atoms with Gasteiger partial charge >= 0.3 is 0 Å². The van der Waals surface area contributed by atoms with E-state index < -0.39 is 0 Å². The van der Waals surface area contributed by atoms with Crippen molar-refractivity contribution in [2.75, 3.05) is 0 Å². The molecule has 0 unspecified atom stereocenters. The van der Waals surface area contributed by atoms with Crippen LogP contribution in [0.1, 0.15) is 5.56 Å². The average molecular weight is 251 g/mol. The van der Waals surface area contributed by atoms with Crippen molar-refractivity contribution in [1.82, 2.24) is 15.7 Å². The predicted octanol–water partition coefficient (Wildman–Crippen LogP) is 3.12. The van der Waals surface area contributed by atoms with Crippen molar-refractivity contribution in [2.24, 2.45) is 0 Å². The highest BCUT2D eigenvalue weighted by Crippen LogP contribution is 2.30. The molecule has 0 atom stereocenters. The number of benzene rings is 2. The van der Waals surface area contributed by atoms with Crippen LogP contribution in [0.4, 0.5) is 0 Å². The van der Waals surface area contributed by atoms with Crippen LogP contribution in [0.5, 0.6) is 5.75 Å². The van der Waals surface area contributed by atoms with E-state index in [4.69, 9.17) is 4.84 Å². The summed E-state index contributed by atoms with van der Waals surface area (Å²) in [5.74, 6) is 0.881. The monoisotopic (exact) mass is 251 g/mol. The Morgan fingerprint density at radius 1 is 1.00 bits per heavy atom. The molecule has 0 fully saturated rings. The van der Waals surface area contributed by atoms with Gasteiger partial charge in [0.2, 0.25) is 0 Å². The van der Waals surface area contributed by atoms with Gasteiger partial charge in [-0.25, -0.2) is 5.48 Å². The lowest BCUT2D eigenvalue weighted by Crippen LogP contribution is -2.14. The normalized spacial score (nSPS) is 11.8. The van der Waals surface area contributed by atoms with Gasteiger partial charge in [-0.3, -0.25) is 5.10 Å². The first kappa shape index (κ1) is 11.3. The van der Waals surface area contributed by atoms with Gasteiger partial charge in [0, 0.05) is 24.2 Å². The van der Waals surface area contributed by atoms with Crippen molar-refractivity contribution in [3.05, 3.63) is 66.6 Å². The second-order valence-electron chi connectivity index (χ2n) is 4.02. The predicted molar refractivity (Wildman–Crippen MR) is 75.3 cm³/mol. The second-order valence-corrected chi connectivity index (χ2v) is 4.02. The third kappa shape index (κ3) is 2.42. The third-order valence-corrected chi connectivity index (χ3v) is 2.82. The van der Waals surface area contributed by atoms with Crippen molar-refractivity contribution in [1.29, 1.82) is 0 Å². The molecule has 1 aromatic heterocycles. The van der Waals surface area contributed by atoms with E-state index in [1.165, 1.54) is 10.8 Å². The minimum Gasteiger partial charge on any atom is -0.382 e. The Hall–Kier alpha value is -2.75. The van der Waals surface area contributed by atoms with Gasteiger partial charge in [-0.15, -0.1) is 0 Å². The molecule has 0 radical (unpaired) electrons. The molecule has 3 aromatic rings. The average Bonchev–Trinajstić information content (AvgIpc) is 3.07. The fourth-order valence-electron chi connectivity index (χ4n) is 1.97. The number of fused-ring (bicyclic) bond motifs is 3. The lowest BCUT2D eigenvalue weighted by atomic mass is 10.0. The van der Waals surface area contributed by atoms with Crippen LogP contribution >= 0.6 is 0 Å². The molecule has 2 heterocycles. The Kier molecular flexibility index (Phi) is 3.14. The van der Waals surface area contributed by atoms with Crippen LogP contribution in [0.25, 0.3) is 16.8 Å². The van der Waals surface area contributed by atoms with Crippen molar-refractivity contribution >= 4 is 16.8 Å². The number of hydrogen-bond acceptors (Lipinski definition) is 3. The summed E-state index contributed by atoms with van der Waals surface area (Å²) in [5.41, 5.74) is 3.87. The lowest BCUT2D eigenvalue weighted by molar-refractivity contribution is 0.239. The summed E-state index contributed by atoms with van der Waals surface area (Å²) >= 11 is 0. The van der Waals surface area contributed by atoms with E-state index in [9.17, 15) is 0 Å². The molecule has 0 spiro atoms. The maximum atomic E-state index is 5.29. The topological polar surface area (TPSA) is 49.9 Å². The fraction of sp³-hybridized carbons (Fsp3) is 0. The summed E-state index contributed by atoms with van der Waals surface area (Å²) in [7, 11) is 0. The van der Waals surface area contributed by atoms with Crippen molar-refractivity contribution in [3.63, 3.8) is 0 Å². The molecule has 4 nitrogen and oxygen atoms in total. The van der Waals surface area contributed by atoms with Gasteiger partial charge in [-0.2, -0.15) is 5.10 Å². The quantitative estimate of drug-likeness (QED) is 0.645. The van der Waals surface area contributed by atoms with Crippen LogP contribution in [0, 0.1) is 0 Å². The molecule has 0 saturated heterocycles. The number of H-pyrrole nitrogens is 1. The standard InChI is InChI=1S/C12H9NO.C3H4N2/c1-2-4-10-9(3-1)5-6-12-11(10)7-8-13-14-12;1-2-4-5-3-1/h1-8,13H;1-3H,(H,4,5). The zero-order valence-corrected chi connectivity index (χ0v) is 10.2. The molecule has 4 rings (SSSR count). The molecular formula is C15H13N3O. The molecule has 94 valence electrons. The molecular weight excluding hydrogens is 238 g/mol. The zero-order chi connectivity index (χ0) is 12.9. The number of aromatic nitrogens is 2. The Morgan fingerprint density at radius 2 is 1.95 bits per heavy atom. The summed E-state index contributed by atoms with van der Waals surface area (Å²) in [6.45, 7) is 0. The van der Waals surface area contributed by atoms with Crippen LogP contribution in [-0.2, 0) is 0 Å². The number of aromatic amines is 1. The van der Waals surface area contributed by atoms with Gasteiger partial charge in [-0.05, 0) is 29.0 Å². The van der Waals surface area contributed by atoms with Crippen LogP contribution < -0.4 is 10.3 Å². The summed E-state index contributed by atoms with van der Waals surface area (Å²) in [4.78, 5) is 5.29. The zero-order valence-electron chi connectivity index (χ0n) is 10.2. The molecule has 4 heteroatoms. The Morgan fingerprint density at radius 3 is 2.74 bits per heavy atom. The van der Waals surface area contributed by atoms with Crippen molar-refractivity contribution in [2.45, 2.75) is 0 Å². The van der Waals surface area contributed by atoms with Crippen molar-refractivity contribution < 1.29 is 4.84 Å². The maximum Gasteiger partial charge on any atom is 0.162 e. The van der Waals surface area contributed by atoms with E-state index in [2.05, 4.69) is 33.9 Å². The van der Waals surface area contributed by atoms with Gasteiger partial charge in [0.1, 0.15) is 0 Å². The van der Waals surface area contributed by atoms with E-state index in [-0.39, 0.29) is 0 Å². The number of nitrogens with one attached hydrogen (secondary N) is 2. The van der Waals surface area contributed by atoms with Crippen molar-refractivity contribution in [3.8, 4) is 5.75 Å². The van der Waals surface area contributed by atoms with Crippen LogP contribution in [0.15, 0.2) is 61.1 Å². The van der Waals surface area contributed by atoms with Gasteiger partial charge in [0.15, 0.2) is 5.75 Å². The first-order valence-corrected chi connectivity index (χ1v) is 5.99. The van der Waals surface area contributed by atoms with Crippen LogP contribution in [0.3, 0.4) is 0 Å². The first-order valence-electron chi connectivity index (χ1n) is 5.99. The van der Waals surface area contributed by atoms with Gasteiger partial charge in [-0.1, -0.05) is 30.3 Å². The van der Waals surface area contributed by atoms with E-state index in [0.29, 0.717) is 0 Å². The number of rotatable bonds is 0. The maximum absolute atomic E-state index is 5.29. The number of nitrogens with zero attached hydrogens (tertiary/aromatic N) is 1. The molecule has 19 heavy (non-hydrogen) atoms. The summed E-state index contributed by atoms with van der Waals surface area (Å²) in [5, 5.41) is 8.67. The summed E-state index contributed by atoms with van der Waals surface area (Å²) < 4.78 is 0. The van der Waals surface area contributed by atoms with E-state index in [0.717, 1.165) is 11.3 Å². The molecule has 2 N–H and O–H groups in total. The summed E-state index contributed by atoms with van der Waals surface area (Å²) in [6.07, 6.45) is 7.29. The van der Waals surface area contributed by atoms with E-state index in [1.54, 1.807) is 18.6 Å². The molecule has 1 aliphatic rings. The van der Waals surface area contributed by atoms with Gasteiger partial charge in [0.25, 0.3) is 0 Å². The lowest BCUT2D eigenvalue weighted by Gasteiger charge is -2.14. The molecule has 0 bridgehead atoms. The molecule has 0 aliphatic carbocycles. The third-order valence-electron chi connectivity index (χ3n) is 2.82.